The van der Waals surface area contributed by atoms with E-state index >= 15 is 0 Å². The Labute approximate surface area is 164 Å². The second kappa shape index (κ2) is 6.55. The topological polar surface area (TPSA) is 44.7 Å². The van der Waals surface area contributed by atoms with Crippen molar-refractivity contribution in [3.8, 4) is 0 Å². The minimum Gasteiger partial charge on any atom is -0.306 e. The molecule has 0 fully saturated rings. The Hall–Kier alpha value is -2.48. The van der Waals surface area contributed by atoms with Crippen LogP contribution in [0.3, 0.4) is 0 Å². The molecule has 28 heavy (non-hydrogen) atoms. The van der Waals surface area contributed by atoms with Crippen LogP contribution in [-0.2, 0) is 6.18 Å². The van der Waals surface area contributed by atoms with Gasteiger partial charge in [0.15, 0.2) is 0 Å². The number of halogens is 3. The van der Waals surface area contributed by atoms with Crippen LogP contribution in [0.15, 0.2) is 58.5 Å². The molecule has 8 heteroatoms. The lowest BCUT2D eigenvalue weighted by Crippen LogP contribution is -2.40. The van der Waals surface area contributed by atoms with E-state index < -0.39 is 17.8 Å². The summed E-state index contributed by atoms with van der Waals surface area (Å²) < 4.78 is 37.9. The van der Waals surface area contributed by atoms with Gasteiger partial charge in [0.05, 0.1) is 17.8 Å². The molecule has 2 amide bonds. The Balaban J connectivity index is 1.55. The van der Waals surface area contributed by atoms with Crippen molar-refractivity contribution in [1.29, 1.82) is 0 Å². The molecule has 1 N–H and O–H groups in total. The van der Waals surface area contributed by atoms with Crippen LogP contribution in [0.25, 0.3) is 0 Å². The number of thioether (sulfide) groups is 1. The van der Waals surface area contributed by atoms with Gasteiger partial charge < -0.3 is 5.32 Å². The summed E-state index contributed by atoms with van der Waals surface area (Å²) in [5.41, 5.74) is 1.44. The number of nitrogens with one attached hydrogen (secondary N) is 1. The summed E-state index contributed by atoms with van der Waals surface area (Å²) in [5, 5.41) is 8.54. The van der Waals surface area contributed by atoms with Crippen molar-refractivity contribution >= 4 is 29.2 Å². The molecule has 146 valence electrons. The highest BCUT2D eigenvalue weighted by atomic mass is 32.2. The number of rotatable bonds is 1. The Bertz CT molecular complexity index is 954. The fourth-order valence-electron chi connectivity index (χ4n) is 3.47. The van der Waals surface area contributed by atoms with Crippen LogP contribution in [0.2, 0.25) is 0 Å². The van der Waals surface area contributed by atoms with Crippen molar-refractivity contribution in [1.82, 2.24) is 5.01 Å². The lowest BCUT2D eigenvalue weighted by Gasteiger charge is -2.36. The van der Waals surface area contributed by atoms with Crippen molar-refractivity contribution < 1.29 is 18.0 Å². The Morgan fingerprint density at radius 3 is 2.54 bits per heavy atom. The van der Waals surface area contributed by atoms with Gasteiger partial charge in [-0.25, -0.2) is 9.80 Å². The van der Waals surface area contributed by atoms with Gasteiger partial charge in [-0.15, -0.1) is 11.8 Å². The zero-order chi connectivity index (χ0) is 20.1. The number of hydrazone groups is 1. The van der Waals surface area contributed by atoms with E-state index in [4.69, 9.17) is 0 Å². The van der Waals surface area contributed by atoms with E-state index in [1.165, 1.54) is 17.1 Å². The van der Waals surface area contributed by atoms with Crippen molar-refractivity contribution in [3.63, 3.8) is 0 Å². The van der Waals surface area contributed by atoms with E-state index in [1.807, 2.05) is 24.3 Å². The normalized spacial score (nSPS) is 20.2. The van der Waals surface area contributed by atoms with E-state index in [2.05, 4.69) is 24.3 Å². The van der Waals surface area contributed by atoms with Gasteiger partial charge in [0.2, 0.25) is 0 Å². The summed E-state index contributed by atoms with van der Waals surface area (Å²) in [6.07, 6.45) is -4.41. The third kappa shape index (κ3) is 3.37. The molecule has 4 nitrogen and oxygen atoms in total. The highest BCUT2D eigenvalue weighted by Crippen LogP contribution is 2.48. The van der Waals surface area contributed by atoms with Gasteiger partial charge in [-0.05, 0) is 44.2 Å². The van der Waals surface area contributed by atoms with Gasteiger partial charge in [-0.1, -0.05) is 18.2 Å². The zero-order valence-electron chi connectivity index (χ0n) is 15.2. The third-order valence-electron chi connectivity index (χ3n) is 4.99. The number of benzene rings is 2. The number of carbonyl (C=O) groups is 1. The van der Waals surface area contributed by atoms with E-state index in [1.54, 1.807) is 11.8 Å². The molecule has 0 radical (unpaired) electrons. The van der Waals surface area contributed by atoms with Crippen LogP contribution in [0, 0.1) is 5.92 Å². The van der Waals surface area contributed by atoms with Gasteiger partial charge in [0.1, 0.15) is 0 Å². The summed E-state index contributed by atoms with van der Waals surface area (Å²) in [5.74, 6) is 0.0748. The number of carbonyl (C=O) groups excluding carboxylic acids is 1. The molecule has 0 saturated carbocycles. The molecule has 0 bridgehead atoms. The van der Waals surface area contributed by atoms with Crippen LogP contribution in [-0.4, -0.2) is 28.0 Å². The second-order valence-electron chi connectivity index (χ2n) is 7.33. The predicted molar refractivity (Wildman–Crippen MR) is 104 cm³/mol. The number of hydrogen-bond acceptors (Lipinski definition) is 3. The molecule has 2 aliphatic rings. The maximum Gasteiger partial charge on any atom is 0.416 e. The average Bonchev–Trinajstić information content (AvgIpc) is 3.08. The quantitative estimate of drug-likeness (QED) is 0.685. The predicted octanol–water partition coefficient (Wildman–Crippen LogP) is 5.46. The van der Waals surface area contributed by atoms with Crippen LogP contribution < -0.4 is 5.32 Å². The van der Waals surface area contributed by atoms with Crippen molar-refractivity contribution in [2.75, 3.05) is 11.9 Å². The lowest BCUT2D eigenvalue weighted by molar-refractivity contribution is -0.137. The van der Waals surface area contributed by atoms with Crippen molar-refractivity contribution in [2.24, 2.45) is 11.0 Å². The van der Waals surface area contributed by atoms with E-state index in [9.17, 15) is 18.0 Å². The summed E-state index contributed by atoms with van der Waals surface area (Å²) in [7, 11) is 0. The van der Waals surface area contributed by atoms with E-state index in [-0.39, 0.29) is 10.7 Å². The summed E-state index contributed by atoms with van der Waals surface area (Å²) in [4.78, 5) is 13.8. The van der Waals surface area contributed by atoms with Crippen LogP contribution in [0.5, 0.6) is 0 Å². The van der Waals surface area contributed by atoms with Gasteiger partial charge in [0, 0.05) is 26.8 Å². The molecule has 1 unspecified atom stereocenters. The number of fused-ring (bicyclic) bond motifs is 3. The molecule has 2 heterocycles. The van der Waals surface area contributed by atoms with Gasteiger partial charge in [-0.3, -0.25) is 0 Å². The molecule has 1 atom stereocenters. The highest BCUT2D eigenvalue weighted by Gasteiger charge is 2.45. The first kappa shape index (κ1) is 18.9. The number of hydrogen-bond donors (Lipinski definition) is 1. The van der Waals surface area contributed by atoms with Gasteiger partial charge >= 0.3 is 12.2 Å². The number of nitrogens with zero attached hydrogens (tertiary/aromatic N) is 2. The molecule has 2 aliphatic heterocycles. The van der Waals surface area contributed by atoms with Crippen LogP contribution in [0.4, 0.5) is 23.7 Å². The summed E-state index contributed by atoms with van der Waals surface area (Å²) in [6, 6.07) is 11.9. The largest absolute Gasteiger partial charge is 0.416 e. The minimum absolute atomic E-state index is 0.0748. The number of alkyl halides is 3. The van der Waals surface area contributed by atoms with Crippen LogP contribution >= 0.6 is 11.8 Å². The lowest BCUT2D eigenvalue weighted by atomic mass is 9.86. The Kier molecular flexibility index (Phi) is 4.41. The summed E-state index contributed by atoms with van der Waals surface area (Å²) >= 11 is 1.77. The fraction of sp³-hybridized carbons (Fsp3) is 0.300. The fourth-order valence-corrected chi connectivity index (χ4v) is 4.80. The summed E-state index contributed by atoms with van der Waals surface area (Å²) in [6.45, 7) is 4.69. The second-order valence-corrected chi connectivity index (χ2v) is 9.02. The van der Waals surface area contributed by atoms with Crippen LogP contribution in [0.1, 0.15) is 25.0 Å². The maximum atomic E-state index is 12.7. The molecule has 0 saturated heterocycles. The average molecular weight is 405 g/mol. The molecule has 0 spiro atoms. The first-order chi connectivity index (χ1) is 13.1. The molecule has 0 aromatic heterocycles. The molecular weight excluding hydrogens is 387 g/mol. The van der Waals surface area contributed by atoms with Crippen molar-refractivity contribution in [3.05, 3.63) is 59.7 Å². The Morgan fingerprint density at radius 1 is 1.18 bits per heavy atom. The molecule has 2 aromatic carbocycles. The van der Waals surface area contributed by atoms with E-state index in [0.29, 0.717) is 12.2 Å². The Morgan fingerprint density at radius 2 is 1.86 bits per heavy atom. The molecule has 0 aliphatic carbocycles. The first-order valence-electron chi connectivity index (χ1n) is 8.78. The molecule has 2 aromatic rings. The van der Waals surface area contributed by atoms with E-state index in [0.717, 1.165) is 28.3 Å². The highest BCUT2D eigenvalue weighted by molar-refractivity contribution is 8.00. The number of amides is 2. The number of anilines is 1. The minimum atomic E-state index is -4.41. The van der Waals surface area contributed by atoms with Gasteiger partial charge in [-0.2, -0.15) is 18.3 Å². The van der Waals surface area contributed by atoms with Crippen molar-refractivity contribution in [2.45, 2.75) is 29.7 Å². The smallest absolute Gasteiger partial charge is 0.306 e. The monoisotopic (exact) mass is 405 g/mol. The SMILES string of the molecule is CC1(C)Sc2ccccc2C2=NN(C(=O)Nc3ccc(C(F)(F)F)cc3)CC21. The third-order valence-corrected chi connectivity index (χ3v) is 6.37. The first-order valence-corrected chi connectivity index (χ1v) is 9.59. The number of urea groups is 1. The van der Waals surface area contributed by atoms with Gasteiger partial charge in [0.25, 0.3) is 0 Å². The molecule has 4 rings (SSSR count). The maximum absolute atomic E-state index is 12.7. The zero-order valence-corrected chi connectivity index (χ0v) is 16.1. The molecular formula is C20H18F3N3OS. The standard InChI is InChI=1S/C20H18F3N3OS/c1-19(2)15-11-26(25-17(15)14-5-3-4-6-16(14)28-19)18(27)24-13-9-7-12(8-10-13)20(21,22)23/h3-10,15H,11H2,1-2H3,(H,24,27).